The molecule has 4 atom stereocenters. The van der Waals surface area contributed by atoms with E-state index in [0.29, 0.717) is 23.7 Å². The van der Waals surface area contributed by atoms with E-state index in [9.17, 15) is 0 Å². The Morgan fingerprint density at radius 2 is 0.838 bits per heavy atom. The van der Waals surface area contributed by atoms with E-state index >= 15 is 0 Å². The minimum Gasteiger partial charge on any atom is -0.487 e. The van der Waals surface area contributed by atoms with Gasteiger partial charge in [0.25, 0.3) is 0 Å². The highest BCUT2D eigenvalue weighted by Crippen LogP contribution is 2.40. The molecule has 0 aromatic heterocycles. The van der Waals surface area contributed by atoms with Crippen LogP contribution >= 0.6 is 0 Å². The summed E-state index contributed by atoms with van der Waals surface area (Å²) < 4.78 is 24.1. The van der Waals surface area contributed by atoms with Gasteiger partial charge in [-0.2, -0.15) is 0 Å². The second-order valence-electron chi connectivity index (χ2n) is 12.4. The van der Waals surface area contributed by atoms with Gasteiger partial charge in [0, 0.05) is 0 Å². The maximum absolute atomic E-state index is 6.55. The first-order valence-electron chi connectivity index (χ1n) is 14.4. The lowest BCUT2D eigenvalue weighted by Gasteiger charge is -2.25. The van der Waals surface area contributed by atoms with E-state index in [-0.39, 0.29) is 24.4 Å². The molecule has 0 amide bonds. The molecule has 2 fully saturated rings. The molecule has 37 heavy (non-hydrogen) atoms. The predicted octanol–water partition coefficient (Wildman–Crippen LogP) is 8.10. The lowest BCUT2D eigenvalue weighted by molar-refractivity contribution is 0.172. The van der Waals surface area contributed by atoms with Crippen LogP contribution in [0.15, 0.2) is 24.3 Å². The van der Waals surface area contributed by atoms with Crippen LogP contribution in [0.4, 0.5) is 0 Å². The molecule has 2 saturated heterocycles. The maximum Gasteiger partial charge on any atom is 0.126 e. The van der Waals surface area contributed by atoms with E-state index in [4.69, 9.17) is 18.9 Å². The highest BCUT2D eigenvalue weighted by molar-refractivity contribution is 5.52. The first kappa shape index (κ1) is 28.0. The molecule has 4 nitrogen and oxygen atoms in total. The van der Waals surface area contributed by atoms with Gasteiger partial charge in [-0.05, 0) is 77.3 Å². The number of epoxide rings is 2. The summed E-state index contributed by atoms with van der Waals surface area (Å²) in [5.41, 5.74) is 7.85. The van der Waals surface area contributed by atoms with Gasteiger partial charge in [0.05, 0.1) is 13.2 Å². The molecule has 2 aromatic carbocycles. The van der Waals surface area contributed by atoms with Gasteiger partial charge in [-0.15, -0.1) is 0 Å². The molecule has 2 aliphatic heterocycles. The fourth-order valence-electron chi connectivity index (χ4n) is 5.08. The van der Waals surface area contributed by atoms with E-state index in [0.717, 1.165) is 31.1 Å². The molecule has 2 aromatic rings. The molecular formula is C33H48O4. The molecule has 2 heterocycles. The molecule has 0 spiro atoms. The molecule has 4 unspecified atom stereocenters. The Labute approximate surface area is 225 Å². The van der Waals surface area contributed by atoms with Gasteiger partial charge < -0.3 is 18.9 Å². The quantitative estimate of drug-likeness (QED) is 0.272. The molecule has 0 aliphatic carbocycles. The van der Waals surface area contributed by atoms with Crippen molar-refractivity contribution in [2.24, 2.45) is 0 Å². The van der Waals surface area contributed by atoms with Crippen LogP contribution < -0.4 is 9.47 Å². The van der Waals surface area contributed by atoms with Crippen molar-refractivity contribution in [3.63, 3.8) is 0 Å². The van der Waals surface area contributed by atoms with E-state index in [1.54, 1.807) is 0 Å². The Bertz CT molecular complexity index is 932. The molecule has 0 radical (unpaired) electrons. The minimum atomic E-state index is 0.0685. The summed E-state index contributed by atoms with van der Waals surface area (Å²) in [5.74, 6) is 3.61. The summed E-state index contributed by atoms with van der Waals surface area (Å²) in [4.78, 5) is 0. The van der Waals surface area contributed by atoms with Crippen LogP contribution in [0.3, 0.4) is 0 Å². The van der Waals surface area contributed by atoms with Gasteiger partial charge in [0.1, 0.15) is 35.9 Å². The molecule has 0 N–H and O–H groups in total. The van der Waals surface area contributed by atoms with E-state index in [2.05, 4.69) is 93.5 Å². The summed E-state index contributed by atoms with van der Waals surface area (Å²) >= 11 is 0. The summed E-state index contributed by atoms with van der Waals surface area (Å²) in [6, 6.07) is 9.47. The molecule has 0 bridgehead atoms. The number of hydrogen-bond donors (Lipinski definition) is 0. The largest absolute Gasteiger partial charge is 0.487 e. The van der Waals surface area contributed by atoms with Crippen molar-refractivity contribution in [3.05, 3.63) is 57.6 Å². The van der Waals surface area contributed by atoms with Crippen molar-refractivity contribution < 1.29 is 18.9 Å². The molecule has 4 rings (SSSR count). The SMILES string of the molecule is CC(C)c1cc(Cc2cc(C(C)C)c(OC(C)C3CO3)c(C(C)C)c2)cc(C(C)C)c1OC(C)C1CO1. The Hall–Kier alpha value is -2.04. The second kappa shape index (κ2) is 11.4. The number of hydrogen-bond acceptors (Lipinski definition) is 4. The third kappa shape index (κ3) is 6.70. The number of ether oxygens (including phenoxy) is 4. The Balaban J connectivity index is 1.72. The van der Waals surface area contributed by atoms with Gasteiger partial charge >= 0.3 is 0 Å². The van der Waals surface area contributed by atoms with Crippen molar-refractivity contribution in [2.45, 2.75) is 124 Å². The first-order chi connectivity index (χ1) is 17.5. The minimum absolute atomic E-state index is 0.0685. The third-order valence-corrected chi connectivity index (χ3v) is 7.68. The maximum atomic E-state index is 6.55. The van der Waals surface area contributed by atoms with Crippen LogP contribution in [0.1, 0.15) is 126 Å². The van der Waals surface area contributed by atoms with Gasteiger partial charge in [-0.1, -0.05) is 79.7 Å². The summed E-state index contributed by atoms with van der Waals surface area (Å²) in [6.07, 6.45) is 1.47. The fourth-order valence-corrected chi connectivity index (χ4v) is 5.08. The van der Waals surface area contributed by atoms with Crippen LogP contribution in [0, 0.1) is 0 Å². The van der Waals surface area contributed by atoms with E-state index in [1.807, 2.05) is 0 Å². The standard InChI is InChI=1S/C33H48O4/c1-18(2)26-12-24(13-27(19(3)4)32(26)36-22(9)30-16-34-30)11-25-14-28(20(5)6)33(29(15-25)21(7)8)37-23(10)31-17-35-31/h12-15,18-23,30-31H,11,16-17H2,1-10H3. The van der Waals surface area contributed by atoms with E-state index < -0.39 is 0 Å². The van der Waals surface area contributed by atoms with Crippen molar-refractivity contribution >= 4 is 0 Å². The lowest BCUT2D eigenvalue weighted by atomic mass is 9.87. The zero-order valence-electron chi connectivity index (χ0n) is 24.7. The van der Waals surface area contributed by atoms with Crippen LogP contribution in [0.5, 0.6) is 11.5 Å². The van der Waals surface area contributed by atoms with Crippen molar-refractivity contribution in [3.8, 4) is 11.5 Å². The second-order valence-corrected chi connectivity index (χ2v) is 12.4. The topological polar surface area (TPSA) is 43.5 Å². The highest BCUT2D eigenvalue weighted by Gasteiger charge is 2.33. The van der Waals surface area contributed by atoms with Crippen LogP contribution in [0.25, 0.3) is 0 Å². The Kier molecular flexibility index (Phi) is 8.60. The summed E-state index contributed by atoms with van der Waals surface area (Å²) in [7, 11) is 0. The average Bonchev–Trinajstić information content (AvgIpc) is 3.72. The first-order valence-corrected chi connectivity index (χ1v) is 14.4. The Morgan fingerprint density at radius 1 is 0.568 bits per heavy atom. The number of benzene rings is 2. The third-order valence-electron chi connectivity index (χ3n) is 7.68. The van der Waals surface area contributed by atoms with Gasteiger partial charge in [-0.3, -0.25) is 0 Å². The fraction of sp³-hybridized carbons (Fsp3) is 0.636. The molecule has 204 valence electrons. The summed E-state index contributed by atoms with van der Waals surface area (Å²) in [5, 5.41) is 0. The molecule has 2 aliphatic rings. The monoisotopic (exact) mass is 508 g/mol. The predicted molar refractivity (Wildman–Crippen MR) is 152 cm³/mol. The molecule has 0 saturated carbocycles. The Morgan fingerprint density at radius 3 is 1.05 bits per heavy atom. The van der Waals surface area contributed by atoms with Crippen LogP contribution in [-0.2, 0) is 15.9 Å². The van der Waals surface area contributed by atoms with Gasteiger partial charge in [-0.25, -0.2) is 0 Å². The van der Waals surface area contributed by atoms with Crippen molar-refractivity contribution in [1.29, 1.82) is 0 Å². The zero-order valence-corrected chi connectivity index (χ0v) is 24.7. The molecular weight excluding hydrogens is 460 g/mol. The smallest absolute Gasteiger partial charge is 0.126 e. The highest BCUT2D eigenvalue weighted by atomic mass is 16.6. The lowest BCUT2D eigenvalue weighted by Crippen LogP contribution is -2.21. The zero-order chi connectivity index (χ0) is 27.0. The normalized spacial score (nSPS) is 20.6. The van der Waals surface area contributed by atoms with Crippen molar-refractivity contribution in [2.75, 3.05) is 13.2 Å². The van der Waals surface area contributed by atoms with Crippen LogP contribution in [0.2, 0.25) is 0 Å². The number of rotatable bonds is 12. The molecule has 4 heteroatoms. The van der Waals surface area contributed by atoms with Gasteiger partial charge in [0.2, 0.25) is 0 Å². The van der Waals surface area contributed by atoms with E-state index in [1.165, 1.54) is 33.4 Å². The van der Waals surface area contributed by atoms with Gasteiger partial charge in [0.15, 0.2) is 0 Å². The summed E-state index contributed by atoms with van der Waals surface area (Å²) in [6.45, 7) is 24.0. The van der Waals surface area contributed by atoms with Crippen LogP contribution in [-0.4, -0.2) is 37.6 Å². The average molecular weight is 509 g/mol. The van der Waals surface area contributed by atoms with Crippen molar-refractivity contribution in [1.82, 2.24) is 0 Å².